The van der Waals surface area contributed by atoms with Crippen LogP contribution in [0.2, 0.25) is 0 Å². The number of thiazole rings is 1. The van der Waals surface area contributed by atoms with Crippen LogP contribution in [0, 0.1) is 5.92 Å². The molecule has 1 aliphatic carbocycles. The molecular formula is C17H31N3S. The lowest BCUT2D eigenvalue weighted by Gasteiger charge is -2.26. The van der Waals surface area contributed by atoms with Crippen molar-refractivity contribution in [3.8, 4) is 0 Å². The lowest BCUT2D eigenvalue weighted by atomic mass is 9.89. The van der Waals surface area contributed by atoms with Crippen LogP contribution < -0.4 is 10.2 Å². The molecule has 0 saturated heterocycles. The van der Waals surface area contributed by atoms with Crippen molar-refractivity contribution < 1.29 is 0 Å². The summed E-state index contributed by atoms with van der Waals surface area (Å²) < 4.78 is 0. The number of rotatable bonds is 8. The number of anilines is 1. The topological polar surface area (TPSA) is 28.2 Å². The Kier molecular flexibility index (Phi) is 6.97. The summed E-state index contributed by atoms with van der Waals surface area (Å²) in [5.74, 6) is 0.875. The Morgan fingerprint density at radius 2 is 2.00 bits per heavy atom. The third-order valence-corrected chi connectivity index (χ3v) is 5.58. The monoisotopic (exact) mass is 309 g/mol. The maximum atomic E-state index is 4.92. The Hall–Kier alpha value is -0.610. The minimum absolute atomic E-state index is 0.875. The van der Waals surface area contributed by atoms with Crippen molar-refractivity contribution in [2.45, 2.75) is 65.3 Å². The molecule has 0 bridgehead atoms. The Morgan fingerprint density at radius 1 is 1.24 bits per heavy atom. The van der Waals surface area contributed by atoms with Crippen LogP contribution in [0.3, 0.4) is 0 Å². The zero-order chi connectivity index (χ0) is 15.1. The quantitative estimate of drug-likeness (QED) is 0.779. The molecule has 4 heteroatoms. The first-order chi connectivity index (χ1) is 10.2. The van der Waals surface area contributed by atoms with E-state index < -0.39 is 0 Å². The third kappa shape index (κ3) is 4.96. The van der Waals surface area contributed by atoms with E-state index in [9.17, 15) is 0 Å². The molecular weight excluding hydrogens is 278 g/mol. The summed E-state index contributed by atoms with van der Waals surface area (Å²) in [6.45, 7) is 7.58. The van der Waals surface area contributed by atoms with E-state index in [4.69, 9.17) is 4.98 Å². The van der Waals surface area contributed by atoms with Crippen molar-refractivity contribution in [3.63, 3.8) is 0 Å². The zero-order valence-electron chi connectivity index (χ0n) is 14.0. The van der Waals surface area contributed by atoms with E-state index in [0.717, 1.165) is 25.4 Å². The fourth-order valence-electron chi connectivity index (χ4n) is 3.18. The lowest BCUT2D eigenvalue weighted by molar-refractivity contribution is 0.362. The molecule has 0 amide bonds. The highest BCUT2D eigenvalue weighted by Crippen LogP contribution is 2.30. The molecule has 0 aromatic carbocycles. The second-order valence-electron chi connectivity index (χ2n) is 6.28. The van der Waals surface area contributed by atoms with E-state index in [0.29, 0.717) is 0 Å². The van der Waals surface area contributed by atoms with Crippen LogP contribution in [-0.4, -0.2) is 25.1 Å². The molecule has 1 aromatic rings. The van der Waals surface area contributed by atoms with Crippen molar-refractivity contribution in [1.82, 2.24) is 10.3 Å². The van der Waals surface area contributed by atoms with Gasteiger partial charge in [-0.25, -0.2) is 4.98 Å². The summed E-state index contributed by atoms with van der Waals surface area (Å²) >= 11 is 1.89. The molecule has 120 valence electrons. The normalized spacial score (nSPS) is 16.3. The van der Waals surface area contributed by atoms with Crippen molar-refractivity contribution in [3.05, 3.63) is 10.6 Å². The van der Waals surface area contributed by atoms with Crippen LogP contribution >= 0.6 is 11.3 Å². The molecule has 0 radical (unpaired) electrons. The first kappa shape index (κ1) is 16.8. The van der Waals surface area contributed by atoms with Crippen molar-refractivity contribution in [2.24, 2.45) is 5.92 Å². The molecule has 1 fully saturated rings. The van der Waals surface area contributed by atoms with Crippen LogP contribution in [0.15, 0.2) is 0 Å². The van der Waals surface area contributed by atoms with Crippen molar-refractivity contribution in [1.29, 1.82) is 0 Å². The second kappa shape index (κ2) is 8.74. The number of nitrogens with zero attached hydrogens (tertiary/aromatic N) is 2. The minimum Gasteiger partial charge on any atom is -0.351 e. The second-order valence-corrected chi connectivity index (χ2v) is 7.34. The molecule has 1 aromatic heterocycles. The van der Waals surface area contributed by atoms with Crippen LogP contribution in [0.1, 0.15) is 62.9 Å². The van der Waals surface area contributed by atoms with Gasteiger partial charge in [0.2, 0.25) is 0 Å². The largest absolute Gasteiger partial charge is 0.351 e. The van der Waals surface area contributed by atoms with E-state index in [1.165, 1.54) is 60.8 Å². The molecule has 1 aliphatic rings. The SMILES string of the molecule is CCCc1nc(N(C)CC2CCCCC2)sc1CNCC. The average Bonchev–Trinajstić information content (AvgIpc) is 2.90. The summed E-state index contributed by atoms with van der Waals surface area (Å²) in [6, 6.07) is 0. The van der Waals surface area contributed by atoms with E-state index in [1.54, 1.807) is 0 Å². The van der Waals surface area contributed by atoms with Gasteiger partial charge in [-0.05, 0) is 31.7 Å². The van der Waals surface area contributed by atoms with Gasteiger partial charge < -0.3 is 10.2 Å². The Balaban J connectivity index is 1.99. The molecule has 21 heavy (non-hydrogen) atoms. The standard InChI is InChI=1S/C17H31N3S/c1-4-9-15-16(12-18-5-2)21-17(19-15)20(3)13-14-10-7-6-8-11-14/h14,18H,4-13H2,1-3H3. The van der Waals surface area contributed by atoms with Gasteiger partial charge in [0, 0.05) is 25.0 Å². The highest BCUT2D eigenvalue weighted by Gasteiger charge is 2.18. The first-order valence-corrected chi connectivity index (χ1v) is 9.46. The summed E-state index contributed by atoms with van der Waals surface area (Å²) in [6.07, 6.45) is 9.36. The number of hydrogen-bond donors (Lipinski definition) is 1. The van der Waals surface area contributed by atoms with E-state index in [1.807, 2.05) is 11.3 Å². The fraction of sp³-hybridized carbons (Fsp3) is 0.824. The van der Waals surface area contributed by atoms with E-state index in [-0.39, 0.29) is 0 Å². The smallest absolute Gasteiger partial charge is 0.185 e. The average molecular weight is 310 g/mol. The Bertz CT molecular complexity index is 410. The van der Waals surface area contributed by atoms with Gasteiger partial charge in [-0.2, -0.15) is 0 Å². The van der Waals surface area contributed by atoms with Crippen LogP contribution in [-0.2, 0) is 13.0 Å². The summed E-state index contributed by atoms with van der Waals surface area (Å²) in [5.41, 5.74) is 1.31. The van der Waals surface area contributed by atoms with Crippen molar-refractivity contribution >= 4 is 16.5 Å². The molecule has 1 heterocycles. The van der Waals surface area contributed by atoms with Gasteiger partial charge in [0.05, 0.1) is 5.69 Å². The maximum absolute atomic E-state index is 4.92. The van der Waals surface area contributed by atoms with Crippen LogP contribution in [0.4, 0.5) is 5.13 Å². The molecule has 0 aliphatic heterocycles. The predicted molar refractivity (Wildman–Crippen MR) is 93.3 cm³/mol. The van der Waals surface area contributed by atoms with Crippen molar-refractivity contribution in [2.75, 3.05) is 25.0 Å². The summed E-state index contributed by atoms with van der Waals surface area (Å²) in [7, 11) is 2.22. The first-order valence-electron chi connectivity index (χ1n) is 8.65. The molecule has 0 unspecified atom stereocenters. The van der Waals surface area contributed by atoms with E-state index >= 15 is 0 Å². The number of nitrogens with one attached hydrogen (secondary N) is 1. The van der Waals surface area contributed by atoms with Gasteiger partial charge in [-0.15, -0.1) is 11.3 Å². The molecule has 3 nitrogen and oxygen atoms in total. The fourth-order valence-corrected chi connectivity index (χ4v) is 4.22. The minimum atomic E-state index is 0.875. The van der Waals surface area contributed by atoms with Crippen LogP contribution in [0.5, 0.6) is 0 Å². The molecule has 1 saturated carbocycles. The van der Waals surface area contributed by atoms with Gasteiger partial charge in [-0.1, -0.05) is 39.5 Å². The summed E-state index contributed by atoms with van der Waals surface area (Å²) in [4.78, 5) is 8.76. The molecule has 2 rings (SSSR count). The van der Waals surface area contributed by atoms with Gasteiger partial charge in [0.1, 0.15) is 0 Å². The highest BCUT2D eigenvalue weighted by molar-refractivity contribution is 7.15. The van der Waals surface area contributed by atoms with Gasteiger partial charge in [0.15, 0.2) is 5.13 Å². The van der Waals surface area contributed by atoms with Gasteiger partial charge in [0.25, 0.3) is 0 Å². The van der Waals surface area contributed by atoms with Gasteiger partial charge in [-0.3, -0.25) is 0 Å². The number of hydrogen-bond acceptors (Lipinski definition) is 4. The maximum Gasteiger partial charge on any atom is 0.185 e. The highest BCUT2D eigenvalue weighted by atomic mass is 32.1. The predicted octanol–water partition coefficient (Wildman–Crippen LogP) is 4.22. The Morgan fingerprint density at radius 3 is 2.67 bits per heavy atom. The van der Waals surface area contributed by atoms with Gasteiger partial charge >= 0.3 is 0 Å². The molecule has 0 atom stereocenters. The summed E-state index contributed by atoms with van der Waals surface area (Å²) in [5, 5.41) is 4.67. The molecule has 0 spiro atoms. The third-order valence-electron chi connectivity index (χ3n) is 4.37. The molecule has 1 N–H and O–H groups in total. The van der Waals surface area contributed by atoms with E-state index in [2.05, 4.69) is 31.1 Å². The zero-order valence-corrected chi connectivity index (χ0v) is 14.8. The lowest BCUT2D eigenvalue weighted by Crippen LogP contribution is -2.26. The number of aromatic nitrogens is 1. The number of aryl methyl sites for hydroxylation is 1. The Labute approximate surface area is 134 Å². The van der Waals surface area contributed by atoms with Crippen LogP contribution in [0.25, 0.3) is 0 Å².